The van der Waals surface area contributed by atoms with Crippen molar-refractivity contribution in [2.75, 3.05) is 0 Å². The number of hydrogen-bond acceptors (Lipinski definition) is 1. The van der Waals surface area contributed by atoms with Crippen molar-refractivity contribution in [3.63, 3.8) is 0 Å². The van der Waals surface area contributed by atoms with Gasteiger partial charge in [-0.3, -0.25) is 0 Å². The second kappa shape index (κ2) is 7.53. The lowest BCUT2D eigenvalue weighted by Crippen LogP contribution is -2.20. The van der Waals surface area contributed by atoms with Crippen molar-refractivity contribution < 1.29 is 5.11 Å². The summed E-state index contributed by atoms with van der Waals surface area (Å²) in [5, 5.41) is 9.72. The summed E-state index contributed by atoms with van der Waals surface area (Å²) in [4.78, 5) is 0. The fourth-order valence-corrected chi connectivity index (χ4v) is 2.41. The van der Waals surface area contributed by atoms with Crippen LogP contribution >= 0.6 is 11.6 Å². The molecule has 0 heterocycles. The molecule has 0 spiro atoms. The normalized spacial score (nSPS) is 33.0. The van der Waals surface area contributed by atoms with Gasteiger partial charge in [0.2, 0.25) is 0 Å². The number of halogens is 1. The first-order valence-corrected chi connectivity index (χ1v) is 6.56. The molecule has 14 heavy (non-hydrogen) atoms. The molecule has 1 nitrogen and oxygen atoms in total. The molecule has 1 saturated carbocycles. The van der Waals surface area contributed by atoms with E-state index in [-0.39, 0.29) is 11.5 Å². The maximum Gasteiger partial charge on any atom is 0.0703 e. The molecule has 0 aliphatic heterocycles. The molecule has 2 atom stereocenters. The Morgan fingerprint density at radius 3 is 1.71 bits per heavy atom. The van der Waals surface area contributed by atoms with Crippen LogP contribution in [0.15, 0.2) is 0 Å². The van der Waals surface area contributed by atoms with E-state index in [0.717, 1.165) is 19.3 Å². The van der Waals surface area contributed by atoms with Crippen LogP contribution in [-0.2, 0) is 0 Å². The number of aliphatic hydroxyl groups is 1. The van der Waals surface area contributed by atoms with Crippen molar-refractivity contribution in [3.8, 4) is 0 Å². The lowest BCUT2D eigenvalue weighted by molar-refractivity contribution is 0.150. The van der Waals surface area contributed by atoms with E-state index in [4.69, 9.17) is 11.6 Å². The quantitative estimate of drug-likeness (QED) is 0.612. The van der Waals surface area contributed by atoms with Gasteiger partial charge in [0.15, 0.2) is 0 Å². The molecule has 1 N–H and O–H groups in total. The molecule has 0 radical (unpaired) electrons. The molecule has 84 valence electrons. The number of hydrogen-bond donors (Lipinski definition) is 1. The summed E-state index contributed by atoms with van der Waals surface area (Å²) in [7, 11) is 0. The summed E-state index contributed by atoms with van der Waals surface area (Å²) in [6.07, 6.45) is 11.9. The molecule has 0 unspecified atom stereocenters. The van der Waals surface area contributed by atoms with Gasteiger partial charge in [0, 0.05) is 0 Å². The van der Waals surface area contributed by atoms with E-state index in [9.17, 15) is 5.11 Å². The highest BCUT2D eigenvalue weighted by atomic mass is 35.5. The van der Waals surface area contributed by atoms with Gasteiger partial charge in [0.25, 0.3) is 0 Å². The zero-order valence-electron chi connectivity index (χ0n) is 9.05. The Hall–Kier alpha value is 0.250. The van der Waals surface area contributed by atoms with Gasteiger partial charge in [-0.05, 0) is 12.8 Å². The van der Waals surface area contributed by atoms with Crippen LogP contribution in [0, 0.1) is 0 Å². The third kappa shape index (κ3) is 5.21. The molecule has 1 aliphatic rings. The van der Waals surface area contributed by atoms with Crippen LogP contribution in [0.4, 0.5) is 0 Å². The lowest BCUT2D eigenvalue weighted by Gasteiger charge is -2.17. The molecular weight excluding hydrogens is 196 g/mol. The Morgan fingerprint density at radius 1 is 0.714 bits per heavy atom. The Labute approximate surface area is 92.8 Å². The Morgan fingerprint density at radius 2 is 1.14 bits per heavy atom. The smallest absolute Gasteiger partial charge is 0.0703 e. The van der Waals surface area contributed by atoms with E-state index in [1.807, 2.05) is 0 Å². The van der Waals surface area contributed by atoms with Crippen molar-refractivity contribution in [1.29, 1.82) is 0 Å². The molecule has 1 rings (SSSR count). The standard InChI is InChI=1S/C12H23ClO/c13-11-9-7-5-3-1-2-4-6-8-10-12(11)14/h11-12,14H,1-10H2/t11-,12+/m0/s1. The molecular formula is C12H23ClO. The maximum absolute atomic E-state index is 9.73. The van der Waals surface area contributed by atoms with Crippen LogP contribution in [0.1, 0.15) is 64.2 Å². The second-order valence-electron chi connectivity index (χ2n) is 4.49. The Kier molecular flexibility index (Phi) is 6.63. The largest absolute Gasteiger partial charge is 0.392 e. The van der Waals surface area contributed by atoms with E-state index in [1.54, 1.807) is 0 Å². The zero-order valence-corrected chi connectivity index (χ0v) is 9.81. The van der Waals surface area contributed by atoms with Crippen molar-refractivity contribution >= 4 is 11.6 Å². The van der Waals surface area contributed by atoms with Crippen LogP contribution in [0.5, 0.6) is 0 Å². The highest BCUT2D eigenvalue weighted by molar-refractivity contribution is 6.21. The van der Waals surface area contributed by atoms with Crippen molar-refractivity contribution in [2.24, 2.45) is 0 Å². The minimum atomic E-state index is -0.268. The highest BCUT2D eigenvalue weighted by Crippen LogP contribution is 2.20. The van der Waals surface area contributed by atoms with E-state index in [2.05, 4.69) is 0 Å². The molecule has 0 saturated heterocycles. The zero-order chi connectivity index (χ0) is 10.2. The van der Waals surface area contributed by atoms with Gasteiger partial charge in [-0.2, -0.15) is 0 Å². The summed E-state index contributed by atoms with van der Waals surface area (Å²) in [5.74, 6) is 0. The van der Waals surface area contributed by atoms with Gasteiger partial charge >= 0.3 is 0 Å². The highest BCUT2D eigenvalue weighted by Gasteiger charge is 2.15. The van der Waals surface area contributed by atoms with Gasteiger partial charge in [-0.25, -0.2) is 0 Å². The van der Waals surface area contributed by atoms with Gasteiger partial charge < -0.3 is 5.11 Å². The molecule has 2 heteroatoms. The minimum absolute atomic E-state index is 0.00516. The summed E-state index contributed by atoms with van der Waals surface area (Å²) in [6.45, 7) is 0. The molecule has 0 bridgehead atoms. The first kappa shape index (κ1) is 12.3. The van der Waals surface area contributed by atoms with E-state index < -0.39 is 0 Å². The fourth-order valence-electron chi connectivity index (χ4n) is 2.13. The third-order valence-corrected chi connectivity index (χ3v) is 3.66. The van der Waals surface area contributed by atoms with Crippen LogP contribution in [0.3, 0.4) is 0 Å². The van der Waals surface area contributed by atoms with Crippen LogP contribution in [-0.4, -0.2) is 16.6 Å². The SMILES string of the molecule is O[C@@H]1CCCCCCCCCC[C@@H]1Cl. The second-order valence-corrected chi connectivity index (χ2v) is 5.05. The molecule has 0 aromatic carbocycles. The summed E-state index contributed by atoms with van der Waals surface area (Å²) >= 11 is 6.11. The van der Waals surface area contributed by atoms with Gasteiger partial charge in [0.05, 0.1) is 11.5 Å². The number of rotatable bonds is 0. The molecule has 0 amide bonds. The summed E-state index contributed by atoms with van der Waals surface area (Å²) < 4.78 is 0. The van der Waals surface area contributed by atoms with Gasteiger partial charge in [0.1, 0.15) is 0 Å². The van der Waals surface area contributed by atoms with Gasteiger partial charge in [-0.1, -0.05) is 51.4 Å². The van der Waals surface area contributed by atoms with Crippen LogP contribution in [0.25, 0.3) is 0 Å². The van der Waals surface area contributed by atoms with E-state index >= 15 is 0 Å². The molecule has 0 aromatic heterocycles. The van der Waals surface area contributed by atoms with Crippen molar-refractivity contribution in [1.82, 2.24) is 0 Å². The topological polar surface area (TPSA) is 20.2 Å². The number of aliphatic hydroxyl groups excluding tert-OH is 1. The summed E-state index contributed by atoms with van der Waals surface area (Å²) in [6, 6.07) is 0. The number of alkyl halides is 1. The van der Waals surface area contributed by atoms with Crippen LogP contribution < -0.4 is 0 Å². The molecule has 1 fully saturated rings. The van der Waals surface area contributed by atoms with Crippen molar-refractivity contribution in [2.45, 2.75) is 75.7 Å². The average Bonchev–Trinajstić information content (AvgIpc) is 2.18. The van der Waals surface area contributed by atoms with Crippen LogP contribution in [0.2, 0.25) is 0 Å². The first-order chi connectivity index (χ1) is 6.80. The monoisotopic (exact) mass is 218 g/mol. The predicted molar refractivity (Wildman–Crippen MR) is 61.8 cm³/mol. The molecule has 1 aliphatic carbocycles. The van der Waals surface area contributed by atoms with Crippen molar-refractivity contribution in [3.05, 3.63) is 0 Å². The summed E-state index contributed by atoms with van der Waals surface area (Å²) in [5.41, 5.74) is 0. The molecule has 0 aromatic rings. The average molecular weight is 219 g/mol. The third-order valence-electron chi connectivity index (χ3n) is 3.15. The minimum Gasteiger partial charge on any atom is -0.392 e. The first-order valence-electron chi connectivity index (χ1n) is 6.13. The van der Waals surface area contributed by atoms with E-state index in [0.29, 0.717) is 0 Å². The van der Waals surface area contributed by atoms with Gasteiger partial charge in [-0.15, -0.1) is 11.6 Å². The Bertz CT molecular complexity index is 122. The predicted octanol–water partition coefficient (Wildman–Crippen LogP) is 3.87. The maximum atomic E-state index is 9.73. The lowest BCUT2D eigenvalue weighted by atomic mass is 9.99. The Balaban J connectivity index is 2.23. The van der Waals surface area contributed by atoms with E-state index in [1.165, 1.54) is 44.9 Å². The fraction of sp³-hybridized carbons (Fsp3) is 1.00.